The van der Waals surface area contributed by atoms with Crippen molar-refractivity contribution in [3.8, 4) is 0 Å². The van der Waals surface area contributed by atoms with E-state index in [1.165, 1.54) is 13.0 Å². The number of nitrogens with one attached hydrogen (secondary N) is 2. The molecule has 0 fully saturated rings. The first-order valence-corrected chi connectivity index (χ1v) is 9.91. The number of amides is 2. The third-order valence-electron chi connectivity index (χ3n) is 4.60. The summed E-state index contributed by atoms with van der Waals surface area (Å²) in [6.45, 7) is 4.42. The Morgan fingerprint density at radius 1 is 0.935 bits per heavy atom. The lowest BCUT2D eigenvalue weighted by atomic mass is 10.0. The predicted octanol–water partition coefficient (Wildman–Crippen LogP) is 3.07. The van der Waals surface area contributed by atoms with Crippen LogP contribution in [0.3, 0.4) is 0 Å². The van der Waals surface area contributed by atoms with Crippen molar-refractivity contribution in [3.05, 3.63) is 71.3 Å². The minimum absolute atomic E-state index is 0.106. The second-order valence-corrected chi connectivity index (χ2v) is 7.51. The monoisotopic (exact) mass is 432 g/mol. The van der Waals surface area contributed by atoms with Crippen LogP contribution in [-0.4, -0.2) is 30.4 Å². The first-order valence-electron chi connectivity index (χ1n) is 9.91. The van der Waals surface area contributed by atoms with Gasteiger partial charge in [0.15, 0.2) is 6.61 Å². The molecule has 0 saturated carbocycles. The third-order valence-corrected chi connectivity index (χ3v) is 4.60. The summed E-state index contributed by atoms with van der Waals surface area (Å²) in [4.78, 5) is 36.8. The molecule has 2 unspecified atom stereocenters. The van der Waals surface area contributed by atoms with Crippen LogP contribution in [-0.2, 0) is 25.5 Å². The first-order chi connectivity index (χ1) is 14.7. The second-order valence-electron chi connectivity index (χ2n) is 7.51. The predicted molar refractivity (Wildman–Crippen MR) is 111 cm³/mol. The molecule has 0 aliphatic rings. The number of rotatable bonds is 9. The van der Waals surface area contributed by atoms with Gasteiger partial charge in [-0.1, -0.05) is 50.2 Å². The largest absolute Gasteiger partial charge is 0.454 e. The SMILES string of the molecule is CC(NC(=O)COC(=O)C(NC(=O)Cc1ccccc1)C(C)C)c1ccc(F)cc1F. The Morgan fingerprint density at radius 2 is 1.61 bits per heavy atom. The molecule has 6 nitrogen and oxygen atoms in total. The maximum atomic E-state index is 13.8. The molecule has 2 atom stereocenters. The number of hydrogen-bond donors (Lipinski definition) is 2. The van der Waals surface area contributed by atoms with E-state index in [1.807, 2.05) is 18.2 Å². The van der Waals surface area contributed by atoms with Gasteiger partial charge in [-0.15, -0.1) is 0 Å². The van der Waals surface area contributed by atoms with Crippen molar-refractivity contribution in [3.63, 3.8) is 0 Å². The summed E-state index contributed by atoms with van der Waals surface area (Å²) in [6.07, 6.45) is 0.110. The van der Waals surface area contributed by atoms with Gasteiger partial charge in [0.25, 0.3) is 5.91 Å². The van der Waals surface area contributed by atoms with Gasteiger partial charge in [0.2, 0.25) is 5.91 Å². The van der Waals surface area contributed by atoms with Crippen molar-refractivity contribution in [1.82, 2.24) is 10.6 Å². The zero-order valence-electron chi connectivity index (χ0n) is 17.7. The molecule has 0 radical (unpaired) electrons. The van der Waals surface area contributed by atoms with Crippen molar-refractivity contribution in [2.45, 2.75) is 39.3 Å². The first kappa shape index (κ1) is 24.0. The summed E-state index contributed by atoms with van der Waals surface area (Å²) in [5, 5.41) is 5.13. The Morgan fingerprint density at radius 3 is 2.23 bits per heavy atom. The van der Waals surface area contributed by atoms with Gasteiger partial charge < -0.3 is 15.4 Å². The number of carbonyl (C=O) groups is 3. The van der Waals surface area contributed by atoms with E-state index in [1.54, 1.807) is 26.0 Å². The Labute approximate surface area is 180 Å². The molecular weight excluding hydrogens is 406 g/mol. The fourth-order valence-corrected chi connectivity index (χ4v) is 2.94. The third kappa shape index (κ3) is 7.47. The van der Waals surface area contributed by atoms with E-state index >= 15 is 0 Å². The normalized spacial score (nSPS) is 12.7. The molecule has 166 valence electrons. The molecule has 2 N–H and O–H groups in total. The van der Waals surface area contributed by atoms with Crippen molar-refractivity contribution < 1.29 is 27.9 Å². The average molecular weight is 432 g/mol. The molecule has 0 aromatic heterocycles. The molecule has 0 aliphatic carbocycles. The average Bonchev–Trinajstić information content (AvgIpc) is 2.70. The number of esters is 1. The molecule has 2 rings (SSSR count). The molecule has 2 aromatic rings. The molecule has 0 spiro atoms. The molecule has 31 heavy (non-hydrogen) atoms. The molecule has 2 aromatic carbocycles. The van der Waals surface area contributed by atoms with E-state index in [4.69, 9.17) is 4.74 Å². The lowest BCUT2D eigenvalue weighted by Crippen LogP contribution is -2.46. The Hall–Kier alpha value is -3.29. The van der Waals surface area contributed by atoms with Crippen LogP contribution in [0.5, 0.6) is 0 Å². The van der Waals surface area contributed by atoms with E-state index in [-0.39, 0.29) is 23.8 Å². The fraction of sp³-hybridized carbons (Fsp3) is 0.348. The maximum absolute atomic E-state index is 13.8. The number of benzene rings is 2. The summed E-state index contributed by atoms with van der Waals surface area (Å²) in [6, 6.07) is 10.5. The highest BCUT2D eigenvalue weighted by Gasteiger charge is 2.26. The van der Waals surface area contributed by atoms with Crippen LogP contribution in [0.15, 0.2) is 48.5 Å². The minimum atomic E-state index is -0.920. The van der Waals surface area contributed by atoms with E-state index in [9.17, 15) is 23.2 Å². The van der Waals surface area contributed by atoms with Gasteiger partial charge in [-0.3, -0.25) is 9.59 Å². The smallest absolute Gasteiger partial charge is 0.329 e. The van der Waals surface area contributed by atoms with Gasteiger partial charge in [0.05, 0.1) is 12.5 Å². The maximum Gasteiger partial charge on any atom is 0.329 e. The Bertz CT molecular complexity index is 919. The fourth-order valence-electron chi connectivity index (χ4n) is 2.94. The lowest BCUT2D eigenvalue weighted by Gasteiger charge is -2.21. The van der Waals surface area contributed by atoms with Gasteiger partial charge in [0, 0.05) is 11.6 Å². The van der Waals surface area contributed by atoms with Gasteiger partial charge >= 0.3 is 5.97 Å². The summed E-state index contributed by atoms with van der Waals surface area (Å²) >= 11 is 0. The van der Waals surface area contributed by atoms with Crippen LogP contribution in [0, 0.1) is 17.6 Å². The lowest BCUT2D eigenvalue weighted by molar-refractivity contribution is -0.153. The molecule has 8 heteroatoms. The van der Waals surface area contributed by atoms with Crippen LogP contribution in [0.1, 0.15) is 37.9 Å². The quantitative estimate of drug-likeness (QED) is 0.597. The Kier molecular flexibility index (Phi) is 8.66. The zero-order valence-corrected chi connectivity index (χ0v) is 17.7. The molecule has 0 heterocycles. The second kappa shape index (κ2) is 11.2. The van der Waals surface area contributed by atoms with Crippen LogP contribution < -0.4 is 10.6 Å². The number of ether oxygens (including phenoxy) is 1. The standard InChI is InChI=1S/C23H26F2N2O4/c1-14(2)22(27-20(28)11-16-7-5-4-6-8-16)23(30)31-13-21(29)26-15(3)18-10-9-17(24)12-19(18)25/h4-10,12,14-15,22H,11,13H2,1-3H3,(H,26,29)(H,27,28). The number of carbonyl (C=O) groups excluding carboxylic acids is 3. The highest BCUT2D eigenvalue weighted by molar-refractivity contribution is 5.87. The minimum Gasteiger partial charge on any atom is -0.454 e. The van der Waals surface area contributed by atoms with Crippen molar-refractivity contribution in [1.29, 1.82) is 0 Å². The topological polar surface area (TPSA) is 84.5 Å². The van der Waals surface area contributed by atoms with Crippen LogP contribution >= 0.6 is 0 Å². The van der Waals surface area contributed by atoms with E-state index in [0.29, 0.717) is 0 Å². The van der Waals surface area contributed by atoms with Crippen LogP contribution in [0.2, 0.25) is 0 Å². The summed E-state index contributed by atoms with van der Waals surface area (Å²) in [5.41, 5.74) is 0.909. The molecular formula is C23H26F2N2O4. The number of hydrogen-bond acceptors (Lipinski definition) is 4. The molecule has 0 aliphatic heterocycles. The van der Waals surface area contributed by atoms with Gasteiger partial charge in [-0.25, -0.2) is 13.6 Å². The molecule has 0 saturated heterocycles. The molecule has 0 bridgehead atoms. The van der Waals surface area contributed by atoms with Crippen molar-refractivity contribution >= 4 is 17.8 Å². The van der Waals surface area contributed by atoms with Gasteiger partial charge in [0.1, 0.15) is 17.7 Å². The zero-order chi connectivity index (χ0) is 23.0. The van der Waals surface area contributed by atoms with Crippen molar-refractivity contribution in [2.24, 2.45) is 5.92 Å². The summed E-state index contributed by atoms with van der Waals surface area (Å²) in [7, 11) is 0. The van der Waals surface area contributed by atoms with E-state index in [0.717, 1.165) is 17.7 Å². The van der Waals surface area contributed by atoms with Gasteiger partial charge in [-0.05, 0) is 24.5 Å². The van der Waals surface area contributed by atoms with Crippen molar-refractivity contribution in [2.75, 3.05) is 6.61 Å². The summed E-state index contributed by atoms with van der Waals surface area (Å²) in [5.74, 6) is -3.50. The number of halogens is 2. The van der Waals surface area contributed by atoms with E-state index < -0.39 is 42.2 Å². The van der Waals surface area contributed by atoms with Crippen LogP contribution in [0.25, 0.3) is 0 Å². The Balaban J connectivity index is 1.87. The highest BCUT2D eigenvalue weighted by Crippen LogP contribution is 2.17. The van der Waals surface area contributed by atoms with E-state index in [2.05, 4.69) is 10.6 Å². The van der Waals surface area contributed by atoms with Gasteiger partial charge in [-0.2, -0.15) is 0 Å². The molecule has 2 amide bonds. The van der Waals surface area contributed by atoms with Crippen LogP contribution in [0.4, 0.5) is 8.78 Å². The highest BCUT2D eigenvalue weighted by atomic mass is 19.1. The summed E-state index contributed by atoms with van der Waals surface area (Å²) < 4.78 is 31.9.